The third-order valence-corrected chi connectivity index (χ3v) is 6.29. The van der Waals surface area contributed by atoms with E-state index in [1.54, 1.807) is 39.0 Å². The summed E-state index contributed by atoms with van der Waals surface area (Å²) in [6.45, 7) is 5.69. The van der Waals surface area contributed by atoms with Crippen molar-refractivity contribution in [3.63, 3.8) is 0 Å². The van der Waals surface area contributed by atoms with Crippen molar-refractivity contribution in [3.05, 3.63) is 50.4 Å². The van der Waals surface area contributed by atoms with Gasteiger partial charge >= 0.3 is 5.97 Å². The van der Waals surface area contributed by atoms with Crippen LogP contribution in [0.15, 0.2) is 18.2 Å². The molecule has 3 heterocycles. The fourth-order valence-corrected chi connectivity index (χ4v) is 4.94. The first-order valence-corrected chi connectivity index (χ1v) is 10.7. The van der Waals surface area contributed by atoms with Crippen LogP contribution in [-0.4, -0.2) is 40.9 Å². The molecule has 1 unspecified atom stereocenters. The van der Waals surface area contributed by atoms with Crippen molar-refractivity contribution in [3.8, 4) is 0 Å². The maximum absolute atomic E-state index is 12.8. The lowest BCUT2D eigenvalue weighted by molar-refractivity contribution is 0.00352. The molecule has 2 aliphatic rings. The molecule has 158 valence electrons. The minimum absolute atomic E-state index is 0.0611. The molecule has 7 nitrogen and oxygen atoms in total. The van der Waals surface area contributed by atoms with E-state index < -0.39 is 29.5 Å². The normalized spacial score (nSPS) is 18.4. The topological polar surface area (TPSA) is 98.9 Å². The van der Waals surface area contributed by atoms with Crippen molar-refractivity contribution in [2.75, 3.05) is 12.3 Å². The van der Waals surface area contributed by atoms with Gasteiger partial charge in [-0.15, -0.1) is 11.3 Å². The Morgan fingerprint density at radius 2 is 2.07 bits per heavy atom. The van der Waals surface area contributed by atoms with Crippen LogP contribution in [0.2, 0.25) is 5.02 Å². The molecule has 0 bridgehead atoms. The van der Waals surface area contributed by atoms with Crippen LogP contribution in [-0.2, 0) is 22.5 Å². The number of amides is 2. The number of carbonyl (C=O) groups excluding carboxylic acids is 3. The van der Waals surface area contributed by atoms with Crippen molar-refractivity contribution in [1.29, 1.82) is 0 Å². The molecule has 0 aliphatic carbocycles. The van der Waals surface area contributed by atoms with Crippen LogP contribution in [0, 0.1) is 0 Å². The molecule has 2 aliphatic heterocycles. The van der Waals surface area contributed by atoms with E-state index in [0.29, 0.717) is 22.5 Å². The van der Waals surface area contributed by atoms with Crippen molar-refractivity contribution < 1.29 is 23.9 Å². The maximum Gasteiger partial charge on any atom is 0.341 e. The van der Waals surface area contributed by atoms with E-state index in [1.807, 2.05) is 0 Å². The van der Waals surface area contributed by atoms with Crippen molar-refractivity contribution in [1.82, 2.24) is 4.90 Å². The average molecular weight is 449 g/mol. The predicted octanol–water partition coefficient (Wildman–Crippen LogP) is 3.68. The molecule has 1 aromatic carbocycles. The lowest BCUT2D eigenvalue weighted by Gasteiger charge is -2.27. The largest absolute Gasteiger partial charge is 0.456 e. The third-order valence-electron chi connectivity index (χ3n) is 4.94. The fourth-order valence-electron chi connectivity index (χ4n) is 3.68. The zero-order valence-electron chi connectivity index (χ0n) is 16.8. The number of nitrogen functional groups attached to an aromatic ring is 1. The molecule has 1 atom stereocenters. The number of fused-ring (bicyclic) bond motifs is 2. The molecule has 0 spiro atoms. The predicted molar refractivity (Wildman–Crippen MR) is 113 cm³/mol. The maximum atomic E-state index is 12.8. The molecule has 2 N–H and O–H groups in total. The van der Waals surface area contributed by atoms with Crippen LogP contribution in [0.1, 0.15) is 62.3 Å². The number of nitrogens with zero attached hydrogens (tertiary/aromatic N) is 1. The summed E-state index contributed by atoms with van der Waals surface area (Å²) in [7, 11) is 0. The number of rotatable bonds is 3. The first-order valence-electron chi connectivity index (χ1n) is 9.46. The first-order chi connectivity index (χ1) is 14.1. The van der Waals surface area contributed by atoms with E-state index in [1.165, 1.54) is 11.3 Å². The number of imide groups is 1. The van der Waals surface area contributed by atoms with Crippen LogP contribution in [0.25, 0.3) is 0 Å². The monoisotopic (exact) mass is 448 g/mol. The summed E-state index contributed by atoms with van der Waals surface area (Å²) in [6, 6.07) is 4.81. The van der Waals surface area contributed by atoms with Crippen LogP contribution in [0.3, 0.4) is 0 Å². The van der Waals surface area contributed by atoms with Gasteiger partial charge in [0.1, 0.15) is 10.6 Å². The summed E-state index contributed by atoms with van der Waals surface area (Å²) in [4.78, 5) is 40.2. The number of benzene rings is 1. The SMILES string of the molecule is CC(C)(C)OC(=O)c1c(N)sc2c1CC(CN1C(=O)c3cccc(Cl)c3C1=O)OC2. The van der Waals surface area contributed by atoms with Gasteiger partial charge in [0.2, 0.25) is 0 Å². The first kappa shape index (κ1) is 20.8. The van der Waals surface area contributed by atoms with Crippen molar-refractivity contribution >= 4 is 45.7 Å². The number of ether oxygens (including phenoxy) is 2. The van der Waals surface area contributed by atoms with Crippen molar-refractivity contribution in [2.24, 2.45) is 0 Å². The zero-order valence-corrected chi connectivity index (χ0v) is 18.4. The van der Waals surface area contributed by atoms with E-state index in [2.05, 4.69) is 0 Å². The van der Waals surface area contributed by atoms with Crippen LogP contribution < -0.4 is 5.73 Å². The van der Waals surface area contributed by atoms with Gasteiger partial charge in [-0.05, 0) is 38.5 Å². The van der Waals surface area contributed by atoms with Gasteiger partial charge in [-0.3, -0.25) is 14.5 Å². The van der Waals surface area contributed by atoms with Gasteiger partial charge in [0, 0.05) is 11.3 Å². The molecule has 2 amide bonds. The van der Waals surface area contributed by atoms with Gasteiger partial charge in [0.05, 0.1) is 41.0 Å². The second kappa shape index (κ2) is 7.37. The summed E-state index contributed by atoms with van der Waals surface area (Å²) in [5.74, 6) is -1.32. The molecule has 30 heavy (non-hydrogen) atoms. The molecule has 1 aromatic heterocycles. The van der Waals surface area contributed by atoms with Gasteiger partial charge in [0.15, 0.2) is 0 Å². The minimum Gasteiger partial charge on any atom is -0.456 e. The van der Waals surface area contributed by atoms with Crippen molar-refractivity contribution in [2.45, 2.75) is 45.5 Å². The number of carbonyl (C=O) groups is 3. The van der Waals surface area contributed by atoms with E-state index in [9.17, 15) is 14.4 Å². The zero-order chi connectivity index (χ0) is 21.8. The average Bonchev–Trinajstić information content (AvgIpc) is 3.09. The second-order valence-electron chi connectivity index (χ2n) is 8.27. The highest BCUT2D eigenvalue weighted by molar-refractivity contribution is 7.16. The number of hydrogen-bond acceptors (Lipinski definition) is 7. The van der Waals surface area contributed by atoms with Gasteiger partial charge < -0.3 is 15.2 Å². The highest BCUT2D eigenvalue weighted by Gasteiger charge is 2.40. The quantitative estimate of drug-likeness (QED) is 0.568. The number of hydrogen-bond donors (Lipinski definition) is 1. The van der Waals surface area contributed by atoms with Crippen LogP contribution in [0.4, 0.5) is 5.00 Å². The molecular weight excluding hydrogens is 428 g/mol. The number of esters is 1. The Hall–Kier alpha value is -2.42. The number of halogens is 1. The Balaban J connectivity index is 1.56. The van der Waals surface area contributed by atoms with Crippen LogP contribution >= 0.6 is 22.9 Å². The summed E-state index contributed by atoms with van der Waals surface area (Å²) >= 11 is 7.42. The van der Waals surface area contributed by atoms with Crippen LogP contribution in [0.5, 0.6) is 0 Å². The van der Waals surface area contributed by atoms with Gasteiger partial charge in [-0.1, -0.05) is 17.7 Å². The fraction of sp³-hybridized carbons (Fsp3) is 0.381. The molecule has 4 rings (SSSR count). The number of anilines is 1. The van der Waals surface area contributed by atoms with E-state index in [0.717, 1.165) is 15.3 Å². The molecule has 9 heteroatoms. The summed E-state index contributed by atoms with van der Waals surface area (Å²) in [5, 5.41) is 0.629. The molecule has 0 saturated heterocycles. The summed E-state index contributed by atoms with van der Waals surface area (Å²) in [5.41, 5.74) is 7.07. The Bertz CT molecular complexity index is 1070. The standard InChI is InChI=1S/C21H21ClN2O5S/c1-21(2,3)29-20(27)16-12-7-10(28-9-14(12)30-17(16)23)8-24-18(25)11-5-4-6-13(22)15(11)19(24)26/h4-6,10H,7-9,23H2,1-3H3. The molecule has 0 fully saturated rings. The van der Waals surface area contributed by atoms with E-state index in [4.69, 9.17) is 26.8 Å². The Morgan fingerprint density at radius 1 is 1.33 bits per heavy atom. The van der Waals surface area contributed by atoms with Gasteiger partial charge in [0.25, 0.3) is 11.8 Å². The molecule has 2 aromatic rings. The smallest absolute Gasteiger partial charge is 0.341 e. The Labute approximate surface area is 182 Å². The number of nitrogens with two attached hydrogens (primary N) is 1. The lowest BCUT2D eigenvalue weighted by atomic mass is 10.0. The second-order valence-corrected chi connectivity index (χ2v) is 9.81. The van der Waals surface area contributed by atoms with E-state index in [-0.39, 0.29) is 23.7 Å². The molecule has 0 saturated carbocycles. The highest BCUT2D eigenvalue weighted by Crippen LogP contribution is 2.38. The Kier molecular flexibility index (Phi) is 5.12. The molecule has 0 radical (unpaired) electrons. The molecular formula is C21H21ClN2O5S. The van der Waals surface area contributed by atoms with Gasteiger partial charge in [-0.2, -0.15) is 0 Å². The van der Waals surface area contributed by atoms with E-state index >= 15 is 0 Å². The minimum atomic E-state index is -0.650. The number of thiophene rings is 1. The third kappa shape index (κ3) is 3.59. The Morgan fingerprint density at radius 3 is 2.73 bits per heavy atom. The van der Waals surface area contributed by atoms with Gasteiger partial charge in [-0.25, -0.2) is 4.79 Å². The summed E-state index contributed by atoms with van der Waals surface area (Å²) in [6.07, 6.45) is -0.118. The summed E-state index contributed by atoms with van der Waals surface area (Å²) < 4.78 is 11.4. The highest BCUT2D eigenvalue weighted by atomic mass is 35.5. The lowest BCUT2D eigenvalue weighted by Crippen LogP contribution is -2.40.